The number of fused-ring (bicyclic) bond motifs is 1. The number of nitrogens with zero attached hydrogens (tertiary/aromatic N) is 2. The summed E-state index contributed by atoms with van der Waals surface area (Å²) in [6.07, 6.45) is 1.58. The van der Waals surface area contributed by atoms with E-state index in [1.54, 1.807) is 0 Å². The van der Waals surface area contributed by atoms with E-state index in [4.69, 9.17) is 11.6 Å². The summed E-state index contributed by atoms with van der Waals surface area (Å²) < 4.78 is 1.99. The number of para-hydroxylation sites is 2. The minimum atomic E-state index is 0.00168. The van der Waals surface area contributed by atoms with Crippen LogP contribution in [0, 0.1) is 0 Å². The molecule has 0 aliphatic rings. The molecule has 0 bridgehead atoms. The number of carbonyl (C=O) groups excluding carboxylic acids is 1. The standard InChI is InChI=1S/C19H20ClN3O/c1-2-18-22-16-5-3-4-6-17(16)23(18)13-19(24)21-12-11-14-7-9-15(20)10-8-14/h3-10H,2,11-13H2,1H3,(H,21,24). The second-order valence-corrected chi connectivity index (χ2v) is 6.12. The van der Waals surface area contributed by atoms with Crippen molar-refractivity contribution in [2.45, 2.75) is 26.3 Å². The molecule has 0 fully saturated rings. The summed E-state index contributed by atoms with van der Waals surface area (Å²) >= 11 is 5.87. The highest BCUT2D eigenvalue weighted by Crippen LogP contribution is 2.16. The molecule has 0 unspecified atom stereocenters. The van der Waals surface area contributed by atoms with Crippen LogP contribution < -0.4 is 5.32 Å². The molecule has 1 N–H and O–H groups in total. The van der Waals surface area contributed by atoms with Crippen molar-refractivity contribution in [3.05, 3.63) is 64.9 Å². The Bertz CT molecular complexity index is 839. The number of imidazole rings is 1. The molecule has 1 amide bonds. The molecule has 0 radical (unpaired) electrons. The number of aryl methyl sites for hydroxylation is 1. The van der Waals surface area contributed by atoms with Gasteiger partial charge in [0.2, 0.25) is 5.91 Å². The number of nitrogens with one attached hydrogen (secondary N) is 1. The van der Waals surface area contributed by atoms with Crippen molar-refractivity contribution in [1.82, 2.24) is 14.9 Å². The topological polar surface area (TPSA) is 46.9 Å². The molecule has 0 spiro atoms. The van der Waals surface area contributed by atoms with Gasteiger partial charge in [0.05, 0.1) is 11.0 Å². The van der Waals surface area contributed by atoms with Crippen LogP contribution in [0.1, 0.15) is 18.3 Å². The van der Waals surface area contributed by atoms with Gasteiger partial charge < -0.3 is 9.88 Å². The molecule has 3 rings (SSSR count). The number of hydrogen-bond donors (Lipinski definition) is 1. The summed E-state index contributed by atoms with van der Waals surface area (Å²) in [5, 5.41) is 3.70. The summed E-state index contributed by atoms with van der Waals surface area (Å²) in [6.45, 7) is 2.95. The molecule has 0 aliphatic heterocycles. The Morgan fingerprint density at radius 2 is 1.92 bits per heavy atom. The van der Waals surface area contributed by atoms with Crippen molar-refractivity contribution in [3.63, 3.8) is 0 Å². The summed E-state index contributed by atoms with van der Waals surface area (Å²) in [6, 6.07) is 15.6. The van der Waals surface area contributed by atoms with E-state index in [0.29, 0.717) is 13.1 Å². The first-order valence-electron chi connectivity index (χ1n) is 8.12. The van der Waals surface area contributed by atoms with Crippen LogP contribution in [0.2, 0.25) is 5.02 Å². The molecule has 5 heteroatoms. The smallest absolute Gasteiger partial charge is 0.240 e. The second kappa shape index (κ2) is 7.49. The fourth-order valence-corrected chi connectivity index (χ4v) is 2.89. The summed E-state index contributed by atoms with van der Waals surface area (Å²) in [7, 11) is 0. The van der Waals surface area contributed by atoms with E-state index in [0.717, 1.165) is 40.3 Å². The predicted octanol–water partition coefficient (Wildman–Crippen LogP) is 3.61. The Kier molecular flexibility index (Phi) is 5.16. The highest BCUT2D eigenvalue weighted by Gasteiger charge is 2.11. The molecule has 1 aromatic heterocycles. The van der Waals surface area contributed by atoms with E-state index >= 15 is 0 Å². The number of carbonyl (C=O) groups is 1. The molecule has 24 heavy (non-hydrogen) atoms. The average molecular weight is 342 g/mol. The van der Waals surface area contributed by atoms with Gasteiger partial charge in [0, 0.05) is 18.0 Å². The predicted molar refractivity (Wildman–Crippen MR) is 97.3 cm³/mol. The summed E-state index contributed by atoms with van der Waals surface area (Å²) in [4.78, 5) is 16.9. The van der Waals surface area contributed by atoms with Gasteiger partial charge in [0.15, 0.2) is 0 Å². The van der Waals surface area contributed by atoms with Gasteiger partial charge in [-0.2, -0.15) is 0 Å². The van der Waals surface area contributed by atoms with Crippen LogP contribution in [0.5, 0.6) is 0 Å². The molecule has 3 aromatic rings. The van der Waals surface area contributed by atoms with Gasteiger partial charge >= 0.3 is 0 Å². The Morgan fingerprint density at radius 1 is 1.17 bits per heavy atom. The van der Waals surface area contributed by atoms with Crippen molar-refractivity contribution in [2.75, 3.05) is 6.54 Å². The normalized spacial score (nSPS) is 10.9. The highest BCUT2D eigenvalue weighted by atomic mass is 35.5. The zero-order valence-electron chi connectivity index (χ0n) is 13.6. The third-order valence-corrected chi connectivity index (χ3v) is 4.25. The lowest BCUT2D eigenvalue weighted by Gasteiger charge is -2.09. The van der Waals surface area contributed by atoms with Gasteiger partial charge in [-0.05, 0) is 36.2 Å². The van der Waals surface area contributed by atoms with Crippen LogP contribution >= 0.6 is 11.6 Å². The lowest BCUT2D eigenvalue weighted by molar-refractivity contribution is -0.121. The fourth-order valence-electron chi connectivity index (χ4n) is 2.77. The van der Waals surface area contributed by atoms with Gasteiger partial charge in [-0.1, -0.05) is 42.8 Å². The van der Waals surface area contributed by atoms with Gasteiger partial charge in [-0.25, -0.2) is 4.98 Å². The Morgan fingerprint density at radius 3 is 2.67 bits per heavy atom. The lowest BCUT2D eigenvalue weighted by Crippen LogP contribution is -2.29. The molecule has 0 aliphatic carbocycles. The van der Waals surface area contributed by atoms with E-state index in [1.165, 1.54) is 0 Å². The largest absolute Gasteiger partial charge is 0.354 e. The number of amides is 1. The van der Waals surface area contributed by atoms with Crippen LogP contribution in [0.25, 0.3) is 11.0 Å². The number of aromatic nitrogens is 2. The Labute approximate surface area is 146 Å². The van der Waals surface area contributed by atoms with E-state index in [2.05, 4.69) is 17.2 Å². The molecule has 0 saturated carbocycles. The SMILES string of the molecule is CCc1nc2ccccc2n1CC(=O)NCCc1ccc(Cl)cc1. The summed E-state index contributed by atoms with van der Waals surface area (Å²) in [5.41, 5.74) is 3.09. The molecule has 4 nitrogen and oxygen atoms in total. The average Bonchev–Trinajstić information content (AvgIpc) is 2.94. The van der Waals surface area contributed by atoms with Crippen LogP contribution in [-0.4, -0.2) is 22.0 Å². The zero-order chi connectivity index (χ0) is 16.9. The molecule has 124 valence electrons. The molecule has 1 heterocycles. The minimum Gasteiger partial charge on any atom is -0.354 e. The molecule has 0 saturated heterocycles. The van der Waals surface area contributed by atoms with Crippen LogP contribution in [0.3, 0.4) is 0 Å². The van der Waals surface area contributed by atoms with Gasteiger partial charge in [0.25, 0.3) is 0 Å². The molecule has 0 atom stereocenters. The number of benzene rings is 2. The third-order valence-electron chi connectivity index (χ3n) is 4.00. The highest BCUT2D eigenvalue weighted by molar-refractivity contribution is 6.30. The Balaban J connectivity index is 1.61. The minimum absolute atomic E-state index is 0.00168. The zero-order valence-corrected chi connectivity index (χ0v) is 14.4. The number of halogens is 1. The van der Waals surface area contributed by atoms with Crippen molar-refractivity contribution >= 4 is 28.5 Å². The third kappa shape index (κ3) is 3.77. The first-order valence-corrected chi connectivity index (χ1v) is 8.50. The van der Waals surface area contributed by atoms with E-state index in [-0.39, 0.29) is 5.91 Å². The van der Waals surface area contributed by atoms with Gasteiger partial charge in [0.1, 0.15) is 12.4 Å². The molecular formula is C19H20ClN3O. The fraction of sp³-hybridized carbons (Fsp3) is 0.263. The quantitative estimate of drug-likeness (QED) is 0.744. The monoisotopic (exact) mass is 341 g/mol. The summed E-state index contributed by atoms with van der Waals surface area (Å²) in [5.74, 6) is 0.936. The van der Waals surface area contributed by atoms with Crippen molar-refractivity contribution in [3.8, 4) is 0 Å². The van der Waals surface area contributed by atoms with Crippen molar-refractivity contribution in [1.29, 1.82) is 0 Å². The first-order chi connectivity index (χ1) is 11.7. The number of hydrogen-bond acceptors (Lipinski definition) is 2. The molecular weight excluding hydrogens is 322 g/mol. The molecule has 2 aromatic carbocycles. The van der Waals surface area contributed by atoms with Crippen molar-refractivity contribution in [2.24, 2.45) is 0 Å². The van der Waals surface area contributed by atoms with Gasteiger partial charge in [-0.3, -0.25) is 4.79 Å². The van der Waals surface area contributed by atoms with E-state index in [1.807, 2.05) is 53.1 Å². The van der Waals surface area contributed by atoms with Gasteiger partial charge in [-0.15, -0.1) is 0 Å². The van der Waals surface area contributed by atoms with E-state index < -0.39 is 0 Å². The maximum atomic E-state index is 12.3. The number of rotatable bonds is 6. The Hall–Kier alpha value is -2.33. The van der Waals surface area contributed by atoms with Crippen LogP contribution in [0.4, 0.5) is 0 Å². The maximum absolute atomic E-state index is 12.3. The first kappa shape index (κ1) is 16.5. The second-order valence-electron chi connectivity index (χ2n) is 5.68. The lowest BCUT2D eigenvalue weighted by atomic mass is 10.1. The van der Waals surface area contributed by atoms with Crippen LogP contribution in [-0.2, 0) is 24.2 Å². The maximum Gasteiger partial charge on any atom is 0.240 e. The van der Waals surface area contributed by atoms with Crippen molar-refractivity contribution < 1.29 is 4.79 Å². The van der Waals surface area contributed by atoms with E-state index in [9.17, 15) is 4.79 Å². The van der Waals surface area contributed by atoms with Crippen LogP contribution in [0.15, 0.2) is 48.5 Å².